The molecule has 5 N–H and O–H groups in total. The summed E-state index contributed by atoms with van der Waals surface area (Å²) in [5.41, 5.74) is 5.58. The summed E-state index contributed by atoms with van der Waals surface area (Å²) < 4.78 is 36.1. The second kappa shape index (κ2) is 13.9. The Balaban J connectivity index is 1.51. The summed E-state index contributed by atoms with van der Waals surface area (Å²) in [5.74, 6) is -2.42. The lowest BCUT2D eigenvalue weighted by atomic mass is 9.77. The fourth-order valence-electron chi connectivity index (χ4n) is 6.62. The maximum absolute atomic E-state index is 14.0. The number of ketones is 1. The van der Waals surface area contributed by atoms with E-state index in [0.717, 1.165) is 33.9 Å². The number of para-hydroxylation sites is 2. The van der Waals surface area contributed by atoms with Crippen LogP contribution in [0.15, 0.2) is 83.2 Å². The second-order valence-corrected chi connectivity index (χ2v) is 15.1. The number of hydrogen-bond donors (Lipinski definition) is 6. The number of anilines is 1. The van der Waals surface area contributed by atoms with Crippen LogP contribution in [0.3, 0.4) is 0 Å². The lowest BCUT2D eigenvalue weighted by Gasteiger charge is -2.30. The largest absolute Gasteiger partial charge is 0.372 e. The van der Waals surface area contributed by atoms with E-state index in [1.54, 1.807) is 12.2 Å². The number of allylic oxidation sites excluding steroid dienone is 5. The first-order valence-electron chi connectivity index (χ1n) is 15.9. The molecule has 2 aromatic carbocycles. The third-order valence-electron chi connectivity index (χ3n) is 9.36. The molecule has 1 aliphatic carbocycles. The van der Waals surface area contributed by atoms with Gasteiger partial charge in [-0.3, -0.25) is 18.9 Å². The molecule has 0 bridgehead atoms. The molecule has 0 fully saturated rings. The standard InChI is InChI=1S/C35H41N5O7S2/c1-34(2)23-12-6-8-14-25(23)37-28(34)18-21-31(22(32(21)42)19-29-35(3,4)24-13-7-9-15-27(24)40(29)5)38-26(20-49(44,45)46)33(43)36-17-11-10-16-30(41)47-39-48/h6-9,12-15,18-19,26,39,48H,10-11,16-17,20H2,1-5H3,(H3,36,38,42,43,44,45,46)/p+1. The summed E-state index contributed by atoms with van der Waals surface area (Å²) in [6.07, 6.45) is 4.41. The van der Waals surface area contributed by atoms with E-state index in [-0.39, 0.29) is 29.9 Å². The summed E-state index contributed by atoms with van der Waals surface area (Å²) in [5, 5.41) is 9.11. The number of hydrogen-bond acceptors (Lipinski definition) is 10. The van der Waals surface area contributed by atoms with Crippen LogP contribution in [-0.2, 0) is 40.2 Å². The van der Waals surface area contributed by atoms with Crippen molar-refractivity contribution in [2.45, 2.75) is 63.8 Å². The normalized spacial score (nSPS) is 19.7. The summed E-state index contributed by atoms with van der Waals surface area (Å²) >= 11 is 3.61. The van der Waals surface area contributed by atoms with Crippen LogP contribution in [0.5, 0.6) is 0 Å². The minimum atomic E-state index is -4.63. The topological polar surface area (TPSA) is 166 Å². The summed E-state index contributed by atoms with van der Waals surface area (Å²) in [4.78, 5) is 45.5. The number of thiol groups is 1. The Morgan fingerprint density at radius 2 is 1.69 bits per heavy atom. The third-order valence-corrected chi connectivity index (χ3v) is 10.2. The Morgan fingerprint density at radius 3 is 2.35 bits per heavy atom. The van der Waals surface area contributed by atoms with Crippen molar-refractivity contribution in [3.8, 4) is 0 Å². The first-order valence-corrected chi connectivity index (χ1v) is 18.0. The molecule has 12 nitrogen and oxygen atoms in total. The number of benzene rings is 2. The SMILES string of the molecule is C[N+]1=C(/C=C2\C(=O)C(/C=C3/Nc4ccccc4C3(C)C)=C2NC(CS(=O)(=O)O)C(=O)NCCCCC(=O)ONS)C(C)(C)c2ccccc21. The van der Waals surface area contributed by atoms with Crippen LogP contribution in [0.25, 0.3) is 0 Å². The first-order chi connectivity index (χ1) is 23.1. The highest BCUT2D eigenvalue weighted by molar-refractivity contribution is 7.85. The number of nitrogens with zero attached hydrogens (tertiary/aromatic N) is 1. The van der Waals surface area contributed by atoms with Crippen molar-refractivity contribution >= 4 is 57.7 Å². The summed E-state index contributed by atoms with van der Waals surface area (Å²) in [6.45, 7) is 8.34. The van der Waals surface area contributed by atoms with E-state index in [1.807, 2.05) is 78.9 Å². The first kappa shape index (κ1) is 36.1. The van der Waals surface area contributed by atoms with Gasteiger partial charge < -0.3 is 20.8 Å². The molecule has 1 atom stereocenters. The van der Waals surface area contributed by atoms with Crippen LogP contribution >= 0.6 is 12.8 Å². The molecule has 0 saturated carbocycles. The van der Waals surface area contributed by atoms with E-state index >= 15 is 0 Å². The lowest BCUT2D eigenvalue weighted by Crippen LogP contribution is -2.50. The zero-order chi connectivity index (χ0) is 35.7. The molecule has 49 heavy (non-hydrogen) atoms. The van der Waals surface area contributed by atoms with Gasteiger partial charge in [-0.15, -0.1) is 0 Å². The van der Waals surface area contributed by atoms with Gasteiger partial charge >= 0.3 is 5.97 Å². The minimum absolute atomic E-state index is 0.0824. The highest BCUT2D eigenvalue weighted by Crippen LogP contribution is 2.45. The summed E-state index contributed by atoms with van der Waals surface area (Å²) in [7, 11) is -2.70. The van der Waals surface area contributed by atoms with Crippen molar-refractivity contribution in [1.29, 1.82) is 0 Å². The molecule has 1 amide bonds. The highest BCUT2D eigenvalue weighted by atomic mass is 32.2. The average molecular weight is 709 g/mol. The molecule has 0 spiro atoms. The van der Waals surface area contributed by atoms with E-state index in [2.05, 4.69) is 47.5 Å². The molecule has 1 unspecified atom stereocenters. The van der Waals surface area contributed by atoms with Crippen molar-refractivity contribution in [3.05, 3.63) is 94.4 Å². The number of Topliss-reactive ketones (excluding diaryl/α,β-unsaturated/α-hetero) is 1. The number of rotatable bonds is 13. The van der Waals surface area contributed by atoms with Gasteiger partial charge in [-0.2, -0.15) is 13.0 Å². The second-order valence-electron chi connectivity index (χ2n) is 13.4. The molecular formula is C35H42N5O7S2+. The van der Waals surface area contributed by atoms with Crippen LogP contribution in [0.1, 0.15) is 58.1 Å². The number of unbranched alkanes of at least 4 members (excludes halogenated alkanes) is 1. The van der Waals surface area contributed by atoms with Crippen LogP contribution in [0, 0.1) is 0 Å². The predicted molar refractivity (Wildman–Crippen MR) is 190 cm³/mol. The molecular weight excluding hydrogens is 667 g/mol. The van der Waals surface area contributed by atoms with Crippen LogP contribution in [0.4, 0.5) is 11.4 Å². The van der Waals surface area contributed by atoms with Gasteiger partial charge in [0.15, 0.2) is 11.5 Å². The molecule has 2 aromatic rings. The van der Waals surface area contributed by atoms with E-state index < -0.39 is 44.6 Å². The Morgan fingerprint density at radius 1 is 1.02 bits per heavy atom. The predicted octanol–water partition coefficient (Wildman–Crippen LogP) is 3.77. The average Bonchev–Trinajstić information content (AvgIpc) is 3.41. The Bertz CT molecular complexity index is 1940. The molecule has 260 valence electrons. The Kier molecular flexibility index (Phi) is 10.3. The van der Waals surface area contributed by atoms with Crippen LogP contribution < -0.4 is 20.8 Å². The Hall–Kier alpha value is -4.24. The van der Waals surface area contributed by atoms with E-state index in [1.165, 1.54) is 0 Å². The number of amides is 1. The fourth-order valence-corrected chi connectivity index (χ4v) is 7.38. The zero-order valence-corrected chi connectivity index (χ0v) is 29.8. The molecule has 3 aliphatic rings. The van der Waals surface area contributed by atoms with Gasteiger partial charge in [0, 0.05) is 53.0 Å². The van der Waals surface area contributed by atoms with Crippen LogP contribution in [0.2, 0.25) is 0 Å². The minimum Gasteiger partial charge on any atom is -0.372 e. The number of fused-ring (bicyclic) bond motifs is 2. The lowest BCUT2D eigenvalue weighted by molar-refractivity contribution is -0.401. The van der Waals surface area contributed by atoms with Crippen molar-refractivity contribution in [1.82, 2.24) is 15.5 Å². The molecule has 0 saturated heterocycles. The highest BCUT2D eigenvalue weighted by Gasteiger charge is 2.46. The maximum Gasteiger partial charge on any atom is 0.325 e. The number of nitrogens with one attached hydrogen (secondary N) is 4. The van der Waals surface area contributed by atoms with E-state index in [9.17, 15) is 27.4 Å². The fraction of sp³-hybridized carbons (Fsp3) is 0.371. The quantitative estimate of drug-likeness (QED) is 0.0451. The third kappa shape index (κ3) is 7.37. The van der Waals surface area contributed by atoms with Crippen LogP contribution in [-0.4, -0.2) is 66.3 Å². The monoisotopic (exact) mass is 708 g/mol. The molecule has 5 rings (SSSR count). The smallest absolute Gasteiger partial charge is 0.325 e. The zero-order valence-electron chi connectivity index (χ0n) is 28.1. The van der Waals surface area contributed by atoms with E-state index in [4.69, 9.17) is 0 Å². The van der Waals surface area contributed by atoms with Gasteiger partial charge in [0.05, 0.1) is 16.7 Å². The van der Waals surface area contributed by atoms with Gasteiger partial charge in [0.1, 0.15) is 18.8 Å². The van der Waals surface area contributed by atoms with Gasteiger partial charge in [-0.25, -0.2) is 0 Å². The molecule has 0 aromatic heterocycles. The van der Waals surface area contributed by atoms with Gasteiger partial charge in [-0.1, -0.05) is 67.9 Å². The van der Waals surface area contributed by atoms with Crippen molar-refractivity contribution < 1.29 is 36.8 Å². The van der Waals surface area contributed by atoms with Crippen molar-refractivity contribution in [2.24, 2.45) is 0 Å². The molecule has 0 radical (unpaired) electrons. The summed E-state index contributed by atoms with van der Waals surface area (Å²) in [6, 6.07) is 14.4. The molecule has 2 heterocycles. The maximum atomic E-state index is 14.0. The van der Waals surface area contributed by atoms with Gasteiger partial charge in [0.2, 0.25) is 11.6 Å². The van der Waals surface area contributed by atoms with E-state index in [0.29, 0.717) is 18.5 Å². The van der Waals surface area contributed by atoms with Gasteiger partial charge in [0.25, 0.3) is 10.1 Å². The Labute approximate surface area is 292 Å². The number of carbonyl (C=O) groups excluding carboxylic acids is 3. The van der Waals surface area contributed by atoms with Gasteiger partial charge in [-0.05, 0) is 44.4 Å². The van der Waals surface area contributed by atoms with Crippen molar-refractivity contribution in [2.75, 3.05) is 24.7 Å². The molecule has 2 aliphatic heterocycles. The molecule has 14 heteroatoms. The van der Waals surface area contributed by atoms with Crippen molar-refractivity contribution in [3.63, 3.8) is 0 Å². The number of carbonyl (C=O) groups is 3.